The molecule has 0 bridgehead atoms. The highest BCUT2D eigenvalue weighted by atomic mass is 35.5. The van der Waals surface area contributed by atoms with Crippen molar-refractivity contribution < 1.29 is 13.5 Å². The van der Waals surface area contributed by atoms with Crippen LogP contribution in [-0.4, -0.2) is 64.0 Å². The van der Waals surface area contributed by atoms with Gasteiger partial charge in [-0.15, -0.1) is 0 Å². The molecule has 1 saturated heterocycles. The lowest BCUT2D eigenvalue weighted by Gasteiger charge is -2.36. The van der Waals surface area contributed by atoms with Gasteiger partial charge in [-0.3, -0.25) is 9.27 Å². The Hall–Kier alpha value is -3.12. The number of piperidine rings is 1. The number of para-hydroxylation sites is 2. The Balaban J connectivity index is 1.51. The molecular weight excluding hydrogens is 502 g/mol. The number of rotatable bonds is 9. The van der Waals surface area contributed by atoms with E-state index < -0.39 is 11.3 Å². The normalized spacial score (nSPS) is 15.0. The van der Waals surface area contributed by atoms with E-state index in [1.54, 1.807) is 31.4 Å². The van der Waals surface area contributed by atoms with Crippen molar-refractivity contribution in [1.82, 2.24) is 14.9 Å². The van der Waals surface area contributed by atoms with Crippen LogP contribution in [0.5, 0.6) is 5.75 Å². The van der Waals surface area contributed by atoms with Crippen LogP contribution in [0.4, 0.5) is 34.5 Å². The number of nitrogens with one attached hydrogen (secondary N) is 3. The van der Waals surface area contributed by atoms with Gasteiger partial charge in [0.25, 0.3) is 11.3 Å². The van der Waals surface area contributed by atoms with Gasteiger partial charge >= 0.3 is 0 Å². The average Bonchev–Trinajstić information content (AvgIpc) is 2.87. The van der Waals surface area contributed by atoms with E-state index in [-0.39, 0.29) is 0 Å². The van der Waals surface area contributed by atoms with Gasteiger partial charge in [-0.25, -0.2) is 9.19 Å². The SMILES string of the molecule is COc1cc(N2CCC(N(C)C)CC2)ccc1Nc1ncc(Cl)c(Nc2ccccc2NS(=O)O)n1. The van der Waals surface area contributed by atoms with E-state index in [1.807, 2.05) is 12.1 Å². The zero-order valence-electron chi connectivity index (χ0n) is 20.4. The molecule has 4 rings (SSSR count). The minimum absolute atomic E-state index is 0.295. The molecule has 0 saturated carbocycles. The smallest absolute Gasteiger partial charge is 0.259 e. The zero-order valence-corrected chi connectivity index (χ0v) is 21.9. The first kappa shape index (κ1) is 26.0. The van der Waals surface area contributed by atoms with Crippen LogP contribution in [-0.2, 0) is 11.3 Å². The second-order valence-corrected chi connectivity index (χ2v) is 9.71. The summed E-state index contributed by atoms with van der Waals surface area (Å²) in [6.07, 6.45) is 3.72. The second kappa shape index (κ2) is 11.7. The average molecular weight is 532 g/mol. The maximum absolute atomic E-state index is 11.2. The van der Waals surface area contributed by atoms with Crippen molar-refractivity contribution in [2.75, 3.05) is 54.6 Å². The molecule has 2 aromatic carbocycles. The molecular formula is C24H30ClN7O3S. The van der Waals surface area contributed by atoms with E-state index in [0.29, 0.717) is 40.0 Å². The molecule has 1 aliphatic rings. The molecule has 1 unspecified atom stereocenters. The van der Waals surface area contributed by atoms with Crippen molar-refractivity contribution in [2.45, 2.75) is 18.9 Å². The number of hydrogen-bond acceptors (Lipinski definition) is 8. The minimum atomic E-state index is -2.22. The maximum atomic E-state index is 11.2. The third-order valence-electron chi connectivity index (χ3n) is 6.11. The summed E-state index contributed by atoms with van der Waals surface area (Å²) in [5.74, 6) is 1.33. The lowest BCUT2D eigenvalue weighted by molar-refractivity contribution is 0.249. The van der Waals surface area contributed by atoms with Gasteiger partial charge in [0.2, 0.25) is 5.95 Å². The molecule has 192 valence electrons. The van der Waals surface area contributed by atoms with E-state index >= 15 is 0 Å². The molecule has 3 aromatic rings. The molecule has 0 aliphatic carbocycles. The van der Waals surface area contributed by atoms with Crippen LogP contribution < -0.4 is 25.0 Å². The first-order chi connectivity index (χ1) is 17.3. The lowest BCUT2D eigenvalue weighted by atomic mass is 10.0. The Morgan fingerprint density at radius 2 is 1.83 bits per heavy atom. The number of aromatic nitrogens is 2. The molecule has 1 aliphatic heterocycles. The summed E-state index contributed by atoms with van der Waals surface area (Å²) >= 11 is 4.10. The standard InChI is InChI=1S/C24H30ClN7O3S/c1-31(2)16-10-12-32(13-11-16)17-8-9-21(22(14-17)35-3)28-24-26-15-18(25)23(29-24)27-19-6-4-5-7-20(19)30-36(33)34/h4-9,14-16,30H,10-13H2,1-3H3,(H,33,34)(H2,26,27,28,29). The van der Waals surface area contributed by atoms with E-state index in [9.17, 15) is 8.76 Å². The van der Waals surface area contributed by atoms with Crippen molar-refractivity contribution >= 4 is 57.4 Å². The molecule has 0 radical (unpaired) electrons. The predicted molar refractivity (Wildman–Crippen MR) is 146 cm³/mol. The number of methoxy groups -OCH3 is 1. The fourth-order valence-corrected chi connectivity index (χ4v) is 4.66. The highest BCUT2D eigenvalue weighted by molar-refractivity contribution is 7.80. The fraction of sp³-hybridized carbons (Fsp3) is 0.333. The summed E-state index contributed by atoms with van der Waals surface area (Å²) in [6, 6.07) is 13.6. The Labute approximate surface area is 218 Å². The number of anilines is 6. The Bertz CT molecular complexity index is 1220. The molecule has 10 nitrogen and oxygen atoms in total. The highest BCUT2D eigenvalue weighted by Gasteiger charge is 2.21. The van der Waals surface area contributed by atoms with Gasteiger partial charge < -0.3 is 25.2 Å². The number of nitrogens with zero attached hydrogens (tertiary/aromatic N) is 4. The minimum Gasteiger partial charge on any atom is -0.494 e. The summed E-state index contributed by atoms with van der Waals surface area (Å²) in [5.41, 5.74) is 2.79. The largest absolute Gasteiger partial charge is 0.494 e. The van der Waals surface area contributed by atoms with Crippen LogP contribution in [0.3, 0.4) is 0 Å². The summed E-state index contributed by atoms with van der Waals surface area (Å²) in [6.45, 7) is 1.99. The van der Waals surface area contributed by atoms with Gasteiger partial charge in [-0.2, -0.15) is 4.98 Å². The fourth-order valence-electron chi connectivity index (χ4n) is 4.16. The van der Waals surface area contributed by atoms with Crippen LogP contribution >= 0.6 is 11.6 Å². The third kappa shape index (κ3) is 6.35. The highest BCUT2D eigenvalue weighted by Crippen LogP contribution is 2.34. The predicted octanol–water partition coefficient (Wildman–Crippen LogP) is 4.70. The molecule has 1 atom stereocenters. The van der Waals surface area contributed by atoms with Crippen LogP contribution in [0.25, 0.3) is 0 Å². The maximum Gasteiger partial charge on any atom is 0.259 e. The molecule has 12 heteroatoms. The van der Waals surface area contributed by atoms with E-state index in [2.05, 4.69) is 55.3 Å². The van der Waals surface area contributed by atoms with Crippen LogP contribution in [0.2, 0.25) is 5.02 Å². The van der Waals surface area contributed by atoms with E-state index in [1.165, 1.54) is 6.20 Å². The van der Waals surface area contributed by atoms with Gasteiger partial charge in [0.05, 0.1) is 30.4 Å². The van der Waals surface area contributed by atoms with E-state index in [4.69, 9.17) is 16.3 Å². The second-order valence-electron chi connectivity index (χ2n) is 8.60. The summed E-state index contributed by atoms with van der Waals surface area (Å²) < 4.78 is 28.5. The molecule has 4 N–H and O–H groups in total. The van der Waals surface area contributed by atoms with Gasteiger partial charge in [0.15, 0.2) is 5.82 Å². The van der Waals surface area contributed by atoms with Gasteiger partial charge in [-0.1, -0.05) is 23.7 Å². The van der Waals surface area contributed by atoms with Crippen LogP contribution in [0.15, 0.2) is 48.7 Å². The third-order valence-corrected chi connectivity index (χ3v) is 6.78. The molecule has 1 aromatic heterocycles. The van der Waals surface area contributed by atoms with Crippen molar-refractivity contribution in [2.24, 2.45) is 0 Å². The molecule has 0 spiro atoms. The Morgan fingerprint density at radius 1 is 1.11 bits per heavy atom. The van der Waals surface area contributed by atoms with Crippen molar-refractivity contribution in [3.8, 4) is 5.75 Å². The molecule has 0 amide bonds. The number of ether oxygens (including phenoxy) is 1. The number of hydrogen-bond donors (Lipinski definition) is 4. The topological polar surface area (TPSA) is 115 Å². The van der Waals surface area contributed by atoms with Crippen molar-refractivity contribution in [1.29, 1.82) is 0 Å². The van der Waals surface area contributed by atoms with Crippen molar-refractivity contribution in [3.05, 3.63) is 53.7 Å². The van der Waals surface area contributed by atoms with Gasteiger partial charge in [0.1, 0.15) is 10.8 Å². The van der Waals surface area contributed by atoms with E-state index in [0.717, 1.165) is 37.3 Å². The summed E-state index contributed by atoms with van der Waals surface area (Å²) in [4.78, 5) is 13.5. The molecule has 2 heterocycles. The first-order valence-electron chi connectivity index (χ1n) is 11.5. The first-order valence-corrected chi connectivity index (χ1v) is 12.9. The Morgan fingerprint density at radius 3 is 2.50 bits per heavy atom. The summed E-state index contributed by atoms with van der Waals surface area (Å²) in [7, 11) is 5.90. The van der Waals surface area contributed by atoms with Crippen LogP contribution in [0, 0.1) is 0 Å². The van der Waals surface area contributed by atoms with Crippen molar-refractivity contribution in [3.63, 3.8) is 0 Å². The molecule has 36 heavy (non-hydrogen) atoms. The zero-order chi connectivity index (χ0) is 25.7. The Kier molecular flexibility index (Phi) is 8.47. The quantitative estimate of drug-likeness (QED) is 0.291. The monoisotopic (exact) mass is 531 g/mol. The number of halogens is 1. The summed E-state index contributed by atoms with van der Waals surface area (Å²) in [5, 5.41) is 6.59. The lowest BCUT2D eigenvalue weighted by Crippen LogP contribution is -2.41. The van der Waals surface area contributed by atoms with Gasteiger partial charge in [-0.05, 0) is 51.2 Å². The molecule has 1 fully saturated rings. The van der Waals surface area contributed by atoms with Crippen LogP contribution in [0.1, 0.15) is 12.8 Å². The number of benzene rings is 2. The van der Waals surface area contributed by atoms with Gasteiger partial charge in [0, 0.05) is 30.9 Å².